The number of carbonyl (C=O) groups is 1. The highest BCUT2D eigenvalue weighted by Crippen LogP contribution is 2.35. The van der Waals surface area contributed by atoms with Crippen molar-refractivity contribution >= 4 is 70.5 Å². The van der Waals surface area contributed by atoms with Crippen molar-refractivity contribution in [1.82, 2.24) is 4.90 Å². The van der Waals surface area contributed by atoms with E-state index in [1.54, 1.807) is 30.3 Å². The van der Waals surface area contributed by atoms with Gasteiger partial charge in [0.05, 0.1) is 20.8 Å². The molecule has 1 N–H and O–H groups in total. The maximum absolute atomic E-state index is 12.7. The van der Waals surface area contributed by atoms with Crippen LogP contribution in [0.2, 0.25) is 20.1 Å². The van der Waals surface area contributed by atoms with Crippen LogP contribution in [0.5, 0.6) is 0 Å². The summed E-state index contributed by atoms with van der Waals surface area (Å²) in [5, 5.41) is 4.47. The number of hydrogen-bond donors (Lipinski definition) is 1. The van der Waals surface area contributed by atoms with Gasteiger partial charge in [-0.05, 0) is 32.3 Å². The zero-order chi connectivity index (χ0) is 19.3. The molecule has 0 saturated heterocycles. The molecular weight excluding hydrogens is 453 g/mol. The van der Waals surface area contributed by atoms with E-state index in [0.29, 0.717) is 37.9 Å². The van der Waals surface area contributed by atoms with Crippen LogP contribution < -0.4 is 5.32 Å². The quantitative estimate of drug-likeness (QED) is 0.398. The van der Waals surface area contributed by atoms with E-state index in [0.717, 1.165) is 0 Å². The zero-order valence-electron chi connectivity index (χ0n) is 14.6. The first-order valence-corrected chi connectivity index (χ1v) is 9.27. The lowest BCUT2D eigenvalue weighted by Crippen LogP contribution is -2.27. The van der Waals surface area contributed by atoms with Crippen LogP contribution in [0.3, 0.4) is 0 Å². The lowest BCUT2D eigenvalue weighted by atomic mass is 10.1. The predicted molar refractivity (Wildman–Crippen MR) is 116 cm³/mol. The number of likely N-dealkylation sites (N-methyl/N-ethyl adjacent to an activating group) is 1. The van der Waals surface area contributed by atoms with Crippen molar-refractivity contribution in [3.05, 3.63) is 62.1 Å². The molecule has 2 aromatic rings. The Morgan fingerprint density at radius 2 is 1.67 bits per heavy atom. The number of anilines is 1. The molecule has 0 aliphatic rings. The molecule has 1 atom stereocenters. The van der Waals surface area contributed by atoms with Gasteiger partial charge in [-0.15, -0.1) is 12.4 Å². The Morgan fingerprint density at radius 1 is 1.04 bits per heavy atom. The van der Waals surface area contributed by atoms with E-state index in [2.05, 4.69) is 5.32 Å². The fraction of sp³-hybridized carbons (Fsp3) is 0.278. The Balaban J connectivity index is 0.00000364. The highest BCUT2D eigenvalue weighted by atomic mass is 35.5. The number of esters is 1. The first kappa shape index (κ1) is 24.2. The SMILES string of the molecule is CN(C)CCOC(=O)C(Nc1cc(Cl)c(Cl)cc1Cl)c1ccccc1Cl.Cl. The molecule has 2 aromatic carbocycles. The van der Waals surface area contributed by atoms with E-state index >= 15 is 0 Å². The van der Waals surface area contributed by atoms with Crippen LogP contribution in [0.25, 0.3) is 0 Å². The van der Waals surface area contributed by atoms with Gasteiger partial charge >= 0.3 is 5.97 Å². The summed E-state index contributed by atoms with van der Waals surface area (Å²) in [4.78, 5) is 14.6. The molecule has 0 aliphatic carbocycles. The normalized spacial score (nSPS) is 11.7. The lowest BCUT2D eigenvalue weighted by Gasteiger charge is -2.21. The molecule has 4 nitrogen and oxygen atoms in total. The second-order valence-corrected chi connectivity index (χ2v) is 7.44. The van der Waals surface area contributed by atoms with Crippen LogP contribution >= 0.6 is 58.8 Å². The second-order valence-electron chi connectivity index (χ2n) is 5.82. The average Bonchev–Trinajstić information content (AvgIpc) is 2.57. The van der Waals surface area contributed by atoms with E-state index in [-0.39, 0.29) is 19.0 Å². The van der Waals surface area contributed by atoms with E-state index in [4.69, 9.17) is 51.1 Å². The first-order chi connectivity index (χ1) is 12.3. The molecule has 0 spiro atoms. The van der Waals surface area contributed by atoms with Crippen LogP contribution in [0.15, 0.2) is 36.4 Å². The van der Waals surface area contributed by atoms with E-state index in [1.165, 1.54) is 6.07 Å². The van der Waals surface area contributed by atoms with Crippen LogP contribution in [0, 0.1) is 0 Å². The van der Waals surface area contributed by atoms with Gasteiger partial charge in [0, 0.05) is 17.1 Å². The van der Waals surface area contributed by atoms with Gasteiger partial charge < -0.3 is 15.0 Å². The summed E-state index contributed by atoms with van der Waals surface area (Å²) in [5.41, 5.74) is 1.03. The minimum atomic E-state index is -0.847. The lowest BCUT2D eigenvalue weighted by molar-refractivity contribution is -0.145. The van der Waals surface area contributed by atoms with E-state index in [1.807, 2.05) is 19.0 Å². The van der Waals surface area contributed by atoms with Crippen LogP contribution in [0.1, 0.15) is 11.6 Å². The standard InChI is InChI=1S/C18H18Cl4N2O2.ClH/c1-24(2)7-8-26-18(25)17(11-5-3-4-6-12(11)19)23-16-10-14(21)13(20)9-15(16)22;/h3-6,9-10,17,23H,7-8H2,1-2H3;1H. The van der Waals surface area contributed by atoms with Crippen LogP contribution in [-0.4, -0.2) is 38.1 Å². The molecule has 0 fully saturated rings. The minimum Gasteiger partial charge on any atom is -0.463 e. The van der Waals surface area contributed by atoms with Crippen molar-refractivity contribution in [1.29, 1.82) is 0 Å². The Bertz CT molecular complexity index is 786. The number of nitrogens with one attached hydrogen (secondary N) is 1. The third-order valence-corrected chi connectivity index (χ3v) is 4.92. The maximum Gasteiger partial charge on any atom is 0.333 e. The third-order valence-electron chi connectivity index (χ3n) is 3.54. The molecule has 0 saturated carbocycles. The van der Waals surface area contributed by atoms with Crippen molar-refractivity contribution in [2.75, 3.05) is 32.6 Å². The van der Waals surface area contributed by atoms with Crippen LogP contribution in [-0.2, 0) is 9.53 Å². The van der Waals surface area contributed by atoms with E-state index < -0.39 is 12.0 Å². The largest absolute Gasteiger partial charge is 0.463 e. The maximum atomic E-state index is 12.7. The summed E-state index contributed by atoms with van der Waals surface area (Å²) in [6, 6.07) is 9.25. The summed E-state index contributed by atoms with van der Waals surface area (Å²) >= 11 is 24.5. The van der Waals surface area contributed by atoms with Crippen molar-refractivity contribution in [3.8, 4) is 0 Å². The van der Waals surface area contributed by atoms with Gasteiger partial charge in [0.15, 0.2) is 6.04 Å². The van der Waals surface area contributed by atoms with Crippen LogP contribution in [0.4, 0.5) is 5.69 Å². The molecule has 0 aromatic heterocycles. The Labute approximate surface area is 185 Å². The molecule has 0 heterocycles. The smallest absolute Gasteiger partial charge is 0.333 e. The van der Waals surface area contributed by atoms with Crippen molar-refractivity contribution in [2.24, 2.45) is 0 Å². The summed E-state index contributed by atoms with van der Waals surface area (Å²) in [6.07, 6.45) is 0. The topological polar surface area (TPSA) is 41.6 Å². The molecule has 0 amide bonds. The molecule has 0 bridgehead atoms. The third kappa shape index (κ3) is 6.90. The summed E-state index contributed by atoms with van der Waals surface area (Å²) in [6.45, 7) is 0.859. The molecule has 9 heteroatoms. The molecule has 0 aliphatic heterocycles. The number of nitrogens with zero attached hydrogens (tertiary/aromatic N) is 1. The Kier molecular flexibility index (Phi) is 10.0. The number of ether oxygens (including phenoxy) is 1. The number of rotatable bonds is 7. The minimum absolute atomic E-state index is 0. The first-order valence-electron chi connectivity index (χ1n) is 7.76. The summed E-state index contributed by atoms with van der Waals surface area (Å²) in [7, 11) is 3.79. The highest BCUT2D eigenvalue weighted by molar-refractivity contribution is 6.44. The monoisotopic (exact) mass is 470 g/mol. The van der Waals surface area contributed by atoms with Crippen molar-refractivity contribution in [3.63, 3.8) is 0 Å². The second kappa shape index (κ2) is 11.2. The van der Waals surface area contributed by atoms with Gasteiger partial charge in [-0.2, -0.15) is 0 Å². The number of carbonyl (C=O) groups excluding carboxylic acids is 1. The average molecular weight is 473 g/mol. The molecule has 2 rings (SSSR count). The summed E-state index contributed by atoms with van der Waals surface area (Å²) < 4.78 is 5.39. The van der Waals surface area contributed by atoms with Gasteiger partial charge in [-0.25, -0.2) is 4.79 Å². The van der Waals surface area contributed by atoms with Gasteiger partial charge in [-0.3, -0.25) is 0 Å². The van der Waals surface area contributed by atoms with Gasteiger partial charge in [0.1, 0.15) is 6.61 Å². The Hall–Kier alpha value is -0.880. The number of hydrogen-bond acceptors (Lipinski definition) is 4. The highest BCUT2D eigenvalue weighted by Gasteiger charge is 2.25. The molecule has 27 heavy (non-hydrogen) atoms. The predicted octanol–water partition coefficient (Wildman–Crippen LogP) is 5.98. The summed E-state index contributed by atoms with van der Waals surface area (Å²) in [5.74, 6) is -0.470. The fourth-order valence-corrected chi connectivity index (χ4v) is 3.02. The zero-order valence-corrected chi connectivity index (χ0v) is 18.5. The molecule has 148 valence electrons. The number of halogens is 5. The van der Waals surface area contributed by atoms with Gasteiger partial charge in [0.25, 0.3) is 0 Å². The van der Waals surface area contributed by atoms with Gasteiger partial charge in [0.2, 0.25) is 0 Å². The Morgan fingerprint density at radius 3 is 2.30 bits per heavy atom. The van der Waals surface area contributed by atoms with Crippen molar-refractivity contribution in [2.45, 2.75) is 6.04 Å². The number of benzene rings is 2. The molecule has 1 unspecified atom stereocenters. The molecular formula is C18H19Cl5N2O2. The molecule has 0 radical (unpaired) electrons. The van der Waals surface area contributed by atoms with Gasteiger partial charge in [-0.1, -0.05) is 64.6 Å². The van der Waals surface area contributed by atoms with E-state index in [9.17, 15) is 4.79 Å². The fourth-order valence-electron chi connectivity index (χ4n) is 2.17. The van der Waals surface area contributed by atoms with Crippen molar-refractivity contribution < 1.29 is 9.53 Å².